The van der Waals surface area contributed by atoms with Gasteiger partial charge in [0.25, 0.3) is 0 Å². The maximum absolute atomic E-state index is 12.9. The second-order valence-electron chi connectivity index (χ2n) is 5.83. The number of anilines is 1. The first-order valence-corrected chi connectivity index (χ1v) is 8.53. The molecule has 1 atom stereocenters. The van der Waals surface area contributed by atoms with Gasteiger partial charge >= 0.3 is 0 Å². The van der Waals surface area contributed by atoms with Crippen LogP contribution in [0.25, 0.3) is 11.3 Å². The van der Waals surface area contributed by atoms with Crippen LogP contribution in [0.2, 0.25) is 10.0 Å². The average Bonchev–Trinajstić information content (AvgIpc) is 3.04. The van der Waals surface area contributed by atoms with E-state index in [9.17, 15) is 4.79 Å². The molecule has 0 fully saturated rings. The number of Topliss-reactive ketones (excluding diaryl/α,β-unsaturated/α-hetero) is 1. The minimum Gasteiger partial charge on any atom is -0.384 e. The first-order valence-electron chi connectivity index (χ1n) is 7.77. The molecule has 25 heavy (non-hydrogen) atoms. The second-order valence-corrected chi connectivity index (χ2v) is 6.70. The molecule has 1 aromatic heterocycles. The van der Waals surface area contributed by atoms with E-state index in [1.165, 1.54) is 6.33 Å². The van der Waals surface area contributed by atoms with E-state index in [-0.39, 0.29) is 11.7 Å². The van der Waals surface area contributed by atoms with Crippen molar-refractivity contribution in [1.29, 1.82) is 0 Å². The number of nitrogens with zero attached hydrogens (tertiary/aromatic N) is 2. The van der Waals surface area contributed by atoms with Crippen LogP contribution < -0.4 is 5.32 Å². The molecule has 0 bridgehead atoms. The van der Waals surface area contributed by atoms with E-state index in [4.69, 9.17) is 23.2 Å². The number of carbonyl (C=O) groups is 1. The lowest BCUT2D eigenvalue weighted by atomic mass is 9.94. The Kier molecular flexibility index (Phi) is 4.15. The number of para-hydroxylation sites is 1. The van der Waals surface area contributed by atoms with Crippen LogP contribution in [0.4, 0.5) is 5.69 Å². The summed E-state index contributed by atoms with van der Waals surface area (Å²) in [4.78, 5) is 21.4. The molecule has 0 spiro atoms. The first kappa shape index (κ1) is 16.1. The molecule has 0 saturated heterocycles. The number of halogens is 2. The van der Waals surface area contributed by atoms with Gasteiger partial charge in [-0.1, -0.05) is 41.4 Å². The van der Waals surface area contributed by atoms with E-state index < -0.39 is 0 Å². The molecule has 2 heterocycles. The summed E-state index contributed by atoms with van der Waals surface area (Å²) in [6.45, 7) is 0.570. The van der Waals surface area contributed by atoms with Gasteiger partial charge in [0.05, 0.1) is 11.6 Å². The van der Waals surface area contributed by atoms with E-state index in [1.807, 2.05) is 24.3 Å². The van der Waals surface area contributed by atoms with Crippen molar-refractivity contribution < 1.29 is 4.79 Å². The number of hydrogen-bond donors (Lipinski definition) is 1. The van der Waals surface area contributed by atoms with Crippen molar-refractivity contribution in [3.63, 3.8) is 0 Å². The Morgan fingerprint density at radius 2 is 1.80 bits per heavy atom. The van der Waals surface area contributed by atoms with Crippen molar-refractivity contribution in [3.05, 3.63) is 76.2 Å². The number of rotatable bonds is 3. The number of carbonyl (C=O) groups excluding carboxylic acids is 1. The van der Waals surface area contributed by atoms with E-state index in [0.717, 1.165) is 16.8 Å². The predicted octanol–water partition coefficient (Wildman–Crippen LogP) is 4.84. The summed E-state index contributed by atoms with van der Waals surface area (Å²) in [6.07, 6.45) is 1.39. The summed E-state index contributed by atoms with van der Waals surface area (Å²) in [5.41, 5.74) is 3.74. The number of aromatic nitrogens is 2. The topological polar surface area (TPSA) is 54.9 Å². The molecule has 2 aromatic carbocycles. The van der Waals surface area contributed by atoms with Gasteiger partial charge in [-0.2, -0.15) is 0 Å². The molecule has 4 rings (SSSR count). The molecule has 0 saturated carbocycles. The standard InChI is InChI=1S/C19H13Cl2N3O/c20-12-5-11(6-13(21)7-12)17-8-18(24-10-23-17)19(25)15-9-22-16-4-2-1-3-14(15)16/h1-8,10,15,22H,9H2. The van der Waals surface area contributed by atoms with Crippen molar-refractivity contribution in [2.24, 2.45) is 0 Å². The monoisotopic (exact) mass is 369 g/mol. The molecule has 6 heteroatoms. The SMILES string of the molecule is O=C(c1cc(-c2cc(Cl)cc(Cl)c2)ncn1)C1CNc2ccccc21. The highest BCUT2D eigenvalue weighted by Crippen LogP contribution is 2.33. The lowest BCUT2D eigenvalue weighted by Crippen LogP contribution is -2.16. The molecular formula is C19H13Cl2N3O. The largest absolute Gasteiger partial charge is 0.384 e. The van der Waals surface area contributed by atoms with Crippen LogP contribution in [0.1, 0.15) is 22.0 Å². The van der Waals surface area contributed by atoms with Crippen molar-refractivity contribution in [2.45, 2.75) is 5.92 Å². The number of benzene rings is 2. The van der Waals surface area contributed by atoms with Gasteiger partial charge in [-0.15, -0.1) is 0 Å². The Bertz CT molecular complexity index is 954. The zero-order valence-electron chi connectivity index (χ0n) is 13.0. The molecule has 0 aliphatic carbocycles. The molecule has 3 aromatic rings. The maximum atomic E-state index is 12.9. The third kappa shape index (κ3) is 3.11. The highest BCUT2D eigenvalue weighted by molar-refractivity contribution is 6.35. The zero-order chi connectivity index (χ0) is 17.4. The van der Waals surface area contributed by atoms with Crippen LogP contribution in [0.5, 0.6) is 0 Å². The highest BCUT2D eigenvalue weighted by atomic mass is 35.5. The van der Waals surface area contributed by atoms with Crippen molar-refractivity contribution in [1.82, 2.24) is 9.97 Å². The fourth-order valence-corrected chi connectivity index (χ4v) is 3.57. The summed E-state index contributed by atoms with van der Waals surface area (Å²) in [5.74, 6) is -0.281. The Morgan fingerprint density at radius 3 is 2.60 bits per heavy atom. The van der Waals surface area contributed by atoms with Crippen LogP contribution in [0.3, 0.4) is 0 Å². The van der Waals surface area contributed by atoms with Gasteiger partial charge in [0.15, 0.2) is 5.78 Å². The number of fused-ring (bicyclic) bond motifs is 1. The number of ketones is 1. The predicted molar refractivity (Wildman–Crippen MR) is 99.5 cm³/mol. The van der Waals surface area contributed by atoms with Gasteiger partial charge in [0.2, 0.25) is 0 Å². The van der Waals surface area contributed by atoms with Gasteiger partial charge in [-0.3, -0.25) is 4.79 Å². The van der Waals surface area contributed by atoms with Crippen molar-refractivity contribution in [2.75, 3.05) is 11.9 Å². The second kappa shape index (κ2) is 6.47. The number of hydrogen-bond acceptors (Lipinski definition) is 4. The summed E-state index contributed by atoms with van der Waals surface area (Å²) in [5, 5.41) is 4.30. The van der Waals surface area contributed by atoms with E-state index in [1.54, 1.807) is 24.3 Å². The molecule has 124 valence electrons. The van der Waals surface area contributed by atoms with Crippen molar-refractivity contribution in [3.8, 4) is 11.3 Å². The lowest BCUT2D eigenvalue weighted by Gasteiger charge is -2.10. The Labute approximate surface area is 154 Å². The minimum absolute atomic E-state index is 0.0331. The van der Waals surface area contributed by atoms with Crippen LogP contribution in [-0.2, 0) is 0 Å². The molecule has 1 N–H and O–H groups in total. The molecule has 0 radical (unpaired) electrons. The zero-order valence-corrected chi connectivity index (χ0v) is 14.6. The number of nitrogens with one attached hydrogen (secondary N) is 1. The third-order valence-corrected chi connectivity index (χ3v) is 4.66. The highest BCUT2D eigenvalue weighted by Gasteiger charge is 2.29. The molecule has 1 unspecified atom stereocenters. The summed E-state index contributed by atoms with van der Waals surface area (Å²) in [7, 11) is 0. The molecule has 1 aliphatic rings. The quantitative estimate of drug-likeness (QED) is 0.670. The van der Waals surface area contributed by atoms with E-state index >= 15 is 0 Å². The summed E-state index contributed by atoms with van der Waals surface area (Å²) < 4.78 is 0. The third-order valence-electron chi connectivity index (χ3n) is 4.23. The van der Waals surface area contributed by atoms with Crippen molar-refractivity contribution >= 4 is 34.7 Å². The van der Waals surface area contributed by atoms with Crippen LogP contribution >= 0.6 is 23.2 Å². The van der Waals surface area contributed by atoms with E-state index in [0.29, 0.717) is 28.0 Å². The molecule has 4 nitrogen and oxygen atoms in total. The fourth-order valence-electron chi connectivity index (χ4n) is 3.05. The minimum atomic E-state index is -0.248. The Balaban J connectivity index is 1.69. The van der Waals surface area contributed by atoms with Gasteiger partial charge in [0, 0.05) is 27.8 Å². The summed E-state index contributed by atoms with van der Waals surface area (Å²) in [6, 6.07) is 14.7. The van der Waals surface area contributed by atoms with Gasteiger partial charge in [-0.05, 0) is 35.9 Å². The first-order chi connectivity index (χ1) is 12.1. The molecule has 1 aliphatic heterocycles. The fraction of sp³-hybridized carbons (Fsp3) is 0.105. The molecule has 0 amide bonds. The maximum Gasteiger partial charge on any atom is 0.190 e. The Morgan fingerprint density at radius 1 is 1.04 bits per heavy atom. The van der Waals surface area contributed by atoms with Gasteiger partial charge in [-0.25, -0.2) is 9.97 Å². The van der Waals surface area contributed by atoms with Crippen LogP contribution in [0, 0.1) is 0 Å². The van der Waals surface area contributed by atoms with Crippen LogP contribution in [-0.4, -0.2) is 22.3 Å². The normalized spacial score (nSPS) is 15.5. The lowest BCUT2D eigenvalue weighted by molar-refractivity contribution is 0.0961. The average molecular weight is 370 g/mol. The Hall–Kier alpha value is -2.43. The van der Waals surface area contributed by atoms with Gasteiger partial charge in [0.1, 0.15) is 12.0 Å². The van der Waals surface area contributed by atoms with Crippen LogP contribution in [0.15, 0.2) is 54.9 Å². The smallest absolute Gasteiger partial charge is 0.190 e. The summed E-state index contributed by atoms with van der Waals surface area (Å²) >= 11 is 12.1. The van der Waals surface area contributed by atoms with E-state index in [2.05, 4.69) is 15.3 Å². The molecular weight excluding hydrogens is 357 g/mol. The van der Waals surface area contributed by atoms with Gasteiger partial charge < -0.3 is 5.32 Å².